The van der Waals surface area contributed by atoms with Gasteiger partial charge in [0.05, 0.1) is 18.0 Å². The highest BCUT2D eigenvalue weighted by atomic mass is 32.2. The van der Waals surface area contributed by atoms with Gasteiger partial charge in [0.2, 0.25) is 5.91 Å². The Morgan fingerprint density at radius 1 is 1.09 bits per heavy atom. The van der Waals surface area contributed by atoms with Crippen molar-refractivity contribution in [1.29, 1.82) is 0 Å². The van der Waals surface area contributed by atoms with E-state index in [2.05, 4.69) is 27.2 Å². The second-order valence-corrected chi connectivity index (χ2v) is 9.10. The molecule has 0 saturated carbocycles. The maximum atomic E-state index is 13.0. The van der Waals surface area contributed by atoms with Crippen LogP contribution in [0, 0.1) is 0 Å². The van der Waals surface area contributed by atoms with Crippen LogP contribution in [-0.2, 0) is 31.4 Å². The lowest BCUT2D eigenvalue weighted by atomic mass is 10.1. The molecule has 0 fully saturated rings. The van der Waals surface area contributed by atoms with Gasteiger partial charge in [0.25, 0.3) is 5.56 Å². The van der Waals surface area contributed by atoms with E-state index in [1.807, 2.05) is 25.1 Å². The third kappa shape index (κ3) is 6.31. The smallest absolute Gasteiger partial charge is 0.332 e. The minimum atomic E-state index is -0.443. The lowest BCUT2D eigenvalue weighted by Gasteiger charge is -2.14. The first kappa shape index (κ1) is 25.6. The Hall–Kier alpha value is -3.01. The molecule has 3 aromatic heterocycles. The molecule has 0 aliphatic heterocycles. The average molecular weight is 485 g/mol. The largest absolute Gasteiger partial charge is 0.350 e. The minimum Gasteiger partial charge on any atom is -0.350 e. The Kier molecular flexibility index (Phi) is 9.38. The number of unbranched alkanes of at least 4 members (excludes halogenated alkanes) is 3. The van der Waals surface area contributed by atoms with Gasteiger partial charge in [-0.15, -0.1) is 0 Å². The zero-order valence-electron chi connectivity index (χ0n) is 20.0. The summed E-state index contributed by atoms with van der Waals surface area (Å²) in [5.41, 5.74) is 0.285. The van der Waals surface area contributed by atoms with Crippen LogP contribution < -0.4 is 16.6 Å². The van der Waals surface area contributed by atoms with Crippen LogP contribution >= 0.6 is 11.8 Å². The summed E-state index contributed by atoms with van der Waals surface area (Å²) in [6.45, 7) is 4.90. The zero-order valence-corrected chi connectivity index (χ0v) is 20.9. The van der Waals surface area contributed by atoms with Crippen molar-refractivity contribution in [3.63, 3.8) is 0 Å². The number of nitrogens with one attached hydrogen (secondary N) is 1. The predicted molar refractivity (Wildman–Crippen MR) is 134 cm³/mol. The Balaban J connectivity index is 1.91. The molecule has 3 rings (SSSR count). The number of pyridine rings is 1. The van der Waals surface area contributed by atoms with E-state index in [9.17, 15) is 14.4 Å². The Labute approximate surface area is 203 Å². The Morgan fingerprint density at radius 3 is 2.62 bits per heavy atom. The summed E-state index contributed by atoms with van der Waals surface area (Å²) >= 11 is 1.19. The van der Waals surface area contributed by atoms with Crippen LogP contribution in [0.4, 0.5) is 0 Å². The van der Waals surface area contributed by atoms with Crippen LogP contribution in [0.15, 0.2) is 39.0 Å². The fourth-order valence-corrected chi connectivity index (χ4v) is 4.47. The number of carbonyl (C=O) groups is 1. The van der Waals surface area contributed by atoms with Crippen molar-refractivity contribution in [2.75, 3.05) is 5.75 Å². The van der Waals surface area contributed by atoms with E-state index in [1.165, 1.54) is 18.8 Å². The molecule has 0 spiro atoms. The number of nitrogens with zero attached hydrogens (tertiary/aromatic N) is 5. The molecule has 10 heteroatoms. The number of carbonyl (C=O) groups excluding carboxylic acids is 1. The third-order valence-corrected chi connectivity index (χ3v) is 6.40. The lowest BCUT2D eigenvalue weighted by molar-refractivity contribution is -0.118. The average Bonchev–Trinajstić information content (AvgIpc) is 2.85. The maximum absolute atomic E-state index is 13.0. The van der Waals surface area contributed by atoms with Gasteiger partial charge in [-0.2, -0.15) is 0 Å². The maximum Gasteiger partial charge on any atom is 0.332 e. The number of aromatic nitrogens is 5. The number of hydrogen-bond donors (Lipinski definition) is 1. The van der Waals surface area contributed by atoms with E-state index in [-0.39, 0.29) is 22.7 Å². The Bertz CT molecular complexity index is 1240. The molecular weight excluding hydrogens is 452 g/mol. The van der Waals surface area contributed by atoms with E-state index >= 15 is 0 Å². The molecule has 0 unspecified atom stereocenters. The van der Waals surface area contributed by atoms with Gasteiger partial charge in [-0.1, -0.05) is 50.9 Å². The van der Waals surface area contributed by atoms with E-state index in [0.29, 0.717) is 36.0 Å². The number of aryl methyl sites for hydroxylation is 2. The Morgan fingerprint density at radius 2 is 1.91 bits per heavy atom. The molecule has 0 bridgehead atoms. The van der Waals surface area contributed by atoms with Crippen LogP contribution in [0.5, 0.6) is 0 Å². The van der Waals surface area contributed by atoms with Crippen LogP contribution in [-0.4, -0.2) is 35.7 Å². The van der Waals surface area contributed by atoms with Crippen molar-refractivity contribution in [3.05, 3.63) is 56.8 Å². The first-order valence-electron chi connectivity index (χ1n) is 11.8. The van der Waals surface area contributed by atoms with Crippen molar-refractivity contribution in [2.24, 2.45) is 7.05 Å². The second kappa shape index (κ2) is 12.5. The van der Waals surface area contributed by atoms with Crippen LogP contribution in [0.1, 0.15) is 57.5 Å². The molecule has 9 nitrogen and oxygen atoms in total. The molecule has 1 amide bonds. The van der Waals surface area contributed by atoms with E-state index < -0.39 is 5.56 Å². The number of amides is 1. The molecule has 34 heavy (non-hydrogen) atoms. The number of hydrogen-bond acceptors (Lipinski definition) is 7. The molecule has 0 saturated heterocycles. The number of fused-ring (bicyclic) bond motifs is 1. The molecule has 0 atom stereocenters. The van der Waals surface area contributed by atoms with Gasteiger partial charge in [0, 0.05) is 26.2 Å². The van der Waals surface area contributed by atoms with Gasteiger partial charge in [0.15, 0.2) is 5.65 Å². The number of thioether (sulfide) groups is 1. The van der Waals surface area contributed by atoms with E-state index in [1.54, 1.807) is 10.8 Å². The monoisotopic (exact) mass is 484 g/mol. The SMILES string of the molecule is CCCCCCc1nc(SCC(=O)NCc2ccccn2)c2c(=O)n(C)c(=O)n(CCC)c2n1. The molecule has 1 N–H and O–H groups in total. The van der Waals surface area contributed by atoms with Gasteiger partial charge in [-0.05, 0) is 25.0 Å². The topological polar surface area (TPSA) is 112 Å². The summed E-state index contributed by atoms with van der Waals surface area (Å²) in [5, 5.41) is 3.57. The summed E-state index contributed by atoms with van der Waals surface area (Å²) in [6, 6.07) is 5.52. The van der Waals surface area contributed by atoms with Gasteiger partial charge in [-0.3, -0.25) is 23.7 Å². The summed E-state index contributed by atoms with van der Waals surface area (Å²) < 4.78 is 2.63. The standard InChI is InChI=1S/C24H32N6O3S/c1-4-6-7-8-12-18-27-21-20(23(32)29(3)24(33)30(21)14-5-2)22(28-18)34-16-19(31)26-15-17-11-9-10-13-25-17/h9-11,13H,4-8,12,14-16H2,1-3H3,(H,26,31). The lowest BCUT2D eigenvalue weighted by Crippen LogP contribution is -2.39. The van der Waals surface area contributed by atoms with Crippen LogP contribution in [0.3, 0.4) is 0 Å². The molecule has 0 aromatic carbocycles. The van der Waals surface area contributed by atoms with Gasteiger partial charge in [-0.25, -0.2) is 14.8 Å². The summed E-state index contributed by atoms with van der Waals surface area (Å²) in [7, 11) is 1.46. The molecule has 182 valence electrons. The van der Waals surface area contributed by atoms with Crippen molar-refractivity contribution in [3.8, 4) is 0 Å². The fourth-order valence-electron chi connectivity index (χ4n) is 3.61. The zero-order chi connectivity index (χ0) is 24.5. The first-order chi connectivity index (χ1) is 16.5. The molecule has 0 aliphatic carbocycles. The highest BCUT2D eigenvalue weighted by Crippen LogP contribution is 2.23. The molecular formula is C24H32N6O3S. The molecule has 3 aromatic rings. The second-order valence-electron chi connectivity index (χ2n) is 8.14. The van der Waals surface area contributed by atoms with E-state index in [4.69, 9.17) is 0 Å². The highest BCUT2D eigenvalue weighted by molar-refractivity contribution is 8.00. The summed E-state index contributed by atoms with van der Waals surface area (Å²) in [5.74, 6) is 0.493. The molecule has 0 radical (unpaired) electrons. The van der Waals surface area contributed by atoms with Crippen molar-refractivity contribution in [1.82, 2.24) is 29.4 Å². The van der Waals surface area contributed by atoms with Gasteiger partial charge < -0.3 is 5.32 Å². The predicted octanol–water partition coefficient (Wildman–Crippen LogP) is 2.83. The highest BCUT2D eigenvalue weighted by Gasteiger charge is 2.19. The van der Waals surface area contributed by atoms with E-state index in [0.717, 1.165) is 42.4 Å². The van der Waals surface area contributed by atoms with Gasteiger partial charge >= 0.3 is 5.69 Å². The number of rotatable bonds is 12. The fraction of sp³-hybridized carbons (Fsp3) is 0.500. The van der Waals surface area contributed by atoms with Crippen molar-refractivity contribution >= 4 is 28.7 Å². The van der Waals surface area contributed by atoms with Crippen LogP contribution in [0.2, 0.25) is 0 Å². The first-order valence-corrected chi connectivity index (χ1v) is 12.7. The summed E-state index contributed by atoms with van der Waals surface area (Å²) in [4.78, 5) is 51.8. The normalized spacial score (nSPS) is 11.1. The molecule has 3 heterocycles. The van der Waals surface area contributed by atoms with Gasteiger partial charge in [0.1, 0.15) is 16.2 Å². The third-order valence-electron chi connectivity index (χ3n) is 5.43. The van der Waals surface area contributed by atoms with Crippen molar-refractivity contribution < 1.29 is 4.79 Å². The van der Waals surface area contributed by atoms with Crippen LogP contribution in [0.25, 0.3) is 11.0 Å². The van der Waals surface area contributed by atoms with Crippen molar-refractivity contribution in [2.45, 2.75) is 70.5 Å². The minimum absolute atomic E-state index is 0.0876. The molecule has 0 aliphatic rings. The summed E-state index contributed by atoms with van der Waals surface area (Å²) in [6.07, 6.45) is 7.31. The quantitative estimate of drug-likeness (QED) is 0.239.